The Morgan fingerprint density at radius 2 is 2.09 bits per heavy atom. The maximum atomic E-state index is 11.0. The Labute approximate surface area is 134 Å². The second kappa shape index (κ2) is 7.70. The third kappa shape index (κ3) is 5.29. The summed E-state index contributed by atoms with van der Waals surface area (Å²) in [6.07, 6.45) is 11.5. The van der Waals surface area contributed by atoms with Crippen LogP contribution < -0.4 is 11.1 Å². The lowest BCUT2D eigenvalue weighted by molar-refractivity contribution is -0.114. The van der Waals surface area contributed by atoms with Crippen molar-refractivity contribution in [3.8, 4) is 0 Å². The van der Waals surface area contributed by atoms with Gasteiger partial charge < -0.3 is 11.1 Å². The molecule has 22 heavy (non-hydrogen) atoms. The minimum atomic E-state index is -0.0978. The van der Waals surface area contributed by atoms with Crippen molar-refractivity contribution in [2.24, 2.45) is 5.73 Å². The molecule has 0 atom stereocenters. The molecule has 0 spiro atoms. The number of allylic oxidation sites excluding steroid dienone is 5. The van der Waals surface area contributed by atoms with Crippen molar-refractivity contribution in [3.05, 3.63) is 46.5 Å². The molecule has 1 heterocycles. The van der Waals surface area contributed by atoms with Gasteiger partial charge in [0.25, 0.3) is 0 Å². The topological polar surface area (TPSA) is 91.9 Å². The van der Waals surface area contributed by atoms with E-state index >= 15 is 0 Å². The maximum Gasteiger partial charge on any atom is 0.223 e. The van der Waals surface area contributed by atoms with Gasteiger partial charge in [-0.1, -0.05) is 29.9 Å². The van der Waals surface area contributed by atoms with Crippen molar-refractivity contribution in [2.75, 3.05) is 5.32 Å². The van der Waals surface area contributed by atoms with Gasteiger partial charge in [0.15, 0.2) is 5.13 Å². The summed E-state index contributed by atoms with van der Waals surface area (Å²) in [5.74, 6) is 0.0895. The highest BCUT2D eigenvalue weighted by Gasteiger charge is 2.05. The lowest BCUT2D eigenvalue weighted by Gasteiger charge is -2.00. The number of nitrogens with one attached hydrogen (secondary N) is 2. The summed E-state index contributed by atoms with van der Waals surface area (Å²) < 4.78 is 0. The fourth-order valence-corrected chi connectivity index (χ4v) is 2.94. The number of anilines is 1. The van der Waals surface area contributed by atoms with E-state index in [9.17, 15) is 4.79 Å². The van der Waals surface area contributed by atoms with Gasteiger partial charge in [-0.25, -0.2) is 4.98 Å². The Bertz CT molecular complexity index is 655. The van der Waals surface area contributed by atoms with Gasteiger partial charge in [0.2, 0.25) is 5.91 Å². The van der Waals surface area contributed by atoms with Gasteiger partial charge in [0, 0.05) is 18.7 Å². The molecule has 0 fully saturated rings. The molecule has 1 aromatic rings. The van der Waals surface area contributed by atoms with Gasteiger partial charge in [0.05, 0.1) is 11.5 Å². The first kappa shape index (κ1) is 16.2. The number of nitrogens with two attached hydrogens (primary N) is 1. The van der Waals surface area contributed by atoms with Crippen LogP contribution in [0.25, 0.3) is 0 Å². The Hall–Kier alpha value is -2.21. The van der Waals surface area contributed by atoms with Crippen LogP contribution in [-0.4, -0.2) is 16.7 Å². The largest absolute Gasteiger partial charge is 0.387 e. The number of aryl methyl sites for hydroxylation is 1. The number of thiazole rings is 1. The van der Waals surface area contributed by atoms with Gasteiger partial charge in [-0.2, -0.15) is 0 Å². The van der Waals surface area contributed by atoms with E-state index in [1.165, 1.54) is 23.8 Å². The normalized spacial score (nSPS) is 14.0. The summed E-state index contributed by atoms with van der Waals surface area (Å²) in [5, 5.41) is 12.7. The first-order valence-corrected chi connectivity index (χ1v) is 8.02. The molecule has 0 saturated heterocycles. The van der Waals surface area contributed by atoms with Crippen LogP contribution in [-0.2, 0) is 11.2 Å². The van der Waals surface area contributed by atoms with E-state index in [0.717, 1.165) is 30.5 Å². The number of carbonyl (C=O) groups excluding carboxylic acids is 1. The molecular weight excluding hydrogens is 296 g/mol. The van der Waals surface area contributed by atoms with E-state index in [4.69, 9.17) is 11.1 Å². The highest BCUT2D eigenvalue weighted by atomic mass is 32.1. The summed E-state index contributed by atoms with van der Waals surface area (Å²) in [5.41, 5.74) is 8.76. The van der Waals surface area contributed by atoms with Crippen molar-refractivity contribution < 1.29 is 4.79 Å². The third-order valence-electron chi connectivity index (χ3n) is 3.17. The molecule has 4 N–H and O–H groups in total. The van der Waals surface area contributed by atoms with E-state index < -0.39 is 0 Å². The first-order valence-electron chi connectivity index (χ1n) is 7.14. The number of amidine groups is 1. The van der Waals surface area contributed by atoms with Crippen LogP contribution >= 0.6 is 11.3 Å². The van der Waals surface area contributed by atoms with Gasteiger partial charge in [0.1, 0.15) is 0 Å². The molecule has 5 nitrogen and oxygen atoms in total. The van der Waals surface area contributed by atoms with Crippen LogP contribution in [0, 0.1) is 5.41 Å². The maximum absolute atomic E-state index is 11.0. The summed E-state index contributed by atoms with van der Waals surface area (Å²) in [6, 6.07) is 0. The molecule has 0 bridgehead atoms. The smallest absolute Gasteiger partial charge is 0.223 e. The average molecular weight is 316 g/mol. The SMILES string of the molecule is CC(=O)Nc1nc(CCC2=CCC=C(CC(=N)N)C=C2)cs1. The molecular formula is C16H20N4OS. The van der Waals surface area contributed by atoms with Gasteiger partial charge >= 0.3 is 0 Å². The number of rotatable bonds is 6. The Kier molecular flexibility index (Phi) is 5.66. The first-order chi connectivity index (χ1) is 10.5. The zero-order chi connectivity index (χ0) is 15.9. The third-order valence-corrected chi connectivity index (χ3v) is 3.98. The number of carbonyl (C=O) groups is 1. The van der Waals surface area contributed by atoms with E-state index in [-0.39, 0.29) is 11.7 Å². The predicted molar refractivity (Wildman–Crippen MR) is 91.2 cm³/mol. The second-order valence-corrected chi connectivity index (χ2v) is 6.01. The van der Waals surface area contributed by atoms with Crippen LogP contribution in [0.5, 0.6) is 0 Å². The summed E-state index contributed by atoms with van der Waals surface area (Å²) >= 11 is 1.45. The van der Waals surface area contributed by atoms with Crippen LogP contribution in [0.1, 0.15) is 31.9 Å². The Balaban J connectivity index is 1.87. The molecule has 1 aromatic heterocycles. The van der Waals surface area contributed by atoms with Crippen LogP contribution in [0.3, 0.4) is 0 Å². The summed E-state index contributed by atoms with van der Waals surface area (Å²) in [4.78, 5) is 15.4. The molecule has 0 radical (unpaired) electrons. The molecule has 0 aromatic carbocycles. The van der Waals surface area contributed by atoms with Crippen molar-refractivity contribution in [1.29, 1.82) is 5.41 Å². The van der Waals surface area contributed by atoms with Crippen molar-refractivity contribution in [3.63, 3.8) is 0 Å². The van der Waals surface area contributed by atoms with E-state index in [0.29, 0.717) is 11.6 Å². The lowest BCUT2D eigenvalue weighted by atomic mass is 10.1. The molecule has 1 aliphatic carbocycles. The van der Waals surface area contributed by atoms with Crippen molar-refractivity contribution >= 4 is 28.2 Å². The van der Waals surface area contributed by atoms with E-state index in [1.807, 2.05) is 11.5 Å². The highest BCUT2D eigenvalue weighted by molar-refractivity contribution is 7.13. The van der Waals surface area contributed by atoms with Crippen molar-refractivity contribution in [2.45, 2.75) is 32.6 Å². The minimum Gasteiger partial charge on any atom is -0.387 e. The van der Waals surface area contributed by atoms with Crippen LogP contribution in [0.2, 0.25) is 0 Å². The number of amides is 1. The number of aromatic nitrogens is 1. The number of hydrogen-bond acceptors (Lipinski definition) is 4. The summed E-state index contributed by atoms with van der Waals surface area (Å²) in [6.45, 7) is 1.48. The van der Waals surface area contributed by atoms with E-state index in [2.05, 4.69) is 28.5 Å². The van der Waals surface area contributed by atoms with Crippen molar-refractivity contribution in [1.82, 2.24) is 4.98 Å². The molecule has 0 aliphatic heterocycles. The highest BCUT2D eigenvalue weighted by Crippen LogP contribution is 2.20. The fourth-order valence-electron chi connectivity index (χ4n) is 2.15. The molecule has 6 heteroatoms. The monoisotopic (exact) mass is 316 g/mol. The molecule has 1 amide bonds. The zero-order valence-electron chi connectivity index (χ0n) is 12.6. The Morgan fingerprint density at radius 1 is 1.36 bits per heavy atom. The summed E-state index contributed by atoms with van der Waals surface area (Å²) in [7, 11) is 0. The predicted octanol–water partition coefficient (Wildman–Crippen LogP) is 3.17. The second-order valence-electron chi connectivity index (χ2n) is 5.15. The number of hydrogen-bond donors (Lipinski definition) is 3. The molecule has 0 saturated carbocycles. The average Bonchev–Trinajstić information content (AvgIpc) is 2.74. The van der Waals surface area contributed by atoms with Gasteiger partial charge in [-0.15, -0.1) is 11.3 Å². The molecule has 116 valence electrons. The number of nitrogens with zero attached hydrogens (tertiary/aromatic N) is 1. The molecule has 0 unspecified atom stereocenters. The fraction of sp³-hybridized carbons (Fsp3) is 0.312. The van der Waals surface area contributed by atoms with Crippen LogP contribution in [0.15, 0.2) is 40.8 Å². The molecule has 1 aliphatic rings. The van der Waals surface area contributed by atoms with Gasteiger partial charge in [-0.05, 0) is 24.8 Å². The standard InChI is InChI=1S/C16H20N4OS/c1-11(21)19-16-20-14(10-22-16)8-7-12-3-2-4-13(6-5-12)9-15(17)18/h3-6,10H,2,7-9H2,1H3,(H3,17,18)(H,19,20,21). The quantitative estimate of drug-likeness (QED) is 0.556. The molecule has 2 rings (SSSR count). The van der Waals surface area contributed by atoms with Gasteiger partial charge in [-0.3, -0.25) is 10.2 Å². The minimum absolute atomic E-state index is 0.0978. The van der Waals surface area contributed by atoms with E-state index in [1.54, 1.807) is 0 Å². The van der Waals surface area contributed by atoms with Crippen LogP contribution in [0.4, 0.5) is 5.13 Å². The zero-order valence-corrected chi connectivity index (χ0v) is 13.4. The lowest BCUT2D eigenvalue weighted by Crippen LogP contribution is -2.09. The Morgan fingerprint density at radius 3 is 2.82 bits per heavy atom.